The highest BCUT2D eigenvalue weighted by molar-refractivity contribution is 5.24. The zero-order valence-electron chi connectivity index (χ0n) is 9.66. The molecule has 0 aliphatic rings. The molecule has 0 amide bonds. The van der Waals surface area contributed by atoms with Crippen LogP contribution in [0.5, 0.6) is 0 Å². The van der Waals surface area contributed by atoms with Gasteiger partial charge >= 0.3 is 0 Å². The number of aliphatic hydroxyl groups excluding tert-OH is 1. The minimum absolute atomic E-state index is 0.269. The molecule has 1 aromatic carbocycles. The Morgan fingerprint density at radius 2 is 1.93 bits per heavy atom. The minimum Gasteiger partial charge on any atom is -0.396 e. The van der Waals surface area contributed by atoms with Crippen LogP contribution in [-0.2, 0) is 6.42 Å². The molecule has 84 valence electrons. The summed E-state index contributed by atoms with van der Waals surface area (Å²) < 4.78 is 0. The van der Waals surface area contributed by atoms with Crippen LogP contribution in [0.4, 0.5) is 0 Å². The Labute approximate surface area is 92.3 Å². The predicted molar refractivity (Wildman–Crippen MR) is 63.9 cm³/mol. The second kappa shape index (κ2) is 6.59. The molecule has 0 heterocycles. The van der Waals surface area contributed by atoms with E-state index in [0.717, 1.165) is 19.3 Å². The zero-order valence-corrected chi connectivity index (χ0v) is 9.66. The molecule has 0 aliphatic heterocycles. The summed E-state index contributed by atoms with van der Waals surface area (Å²) in [5, 5.41) is 12.1. The van der Waals surface area contributed by atoms with E-state index in [1.807, 2.05) is 7.05 Å². The summed E-state index contributed by atoms with van der Waals surface area (Å²) in [7, 11) is 1.97. The summed E-state index contributed by atoms with van der Waals surface area (Å²) in [6.45, 7) is 2.43. The Kier molecular flexibility index (Phi) is 5.37. The molecule has 2 heteroatoms. The molecular formula is C13H21NO. The highest BCUT2D eigenvalue weighted by atomic mass is 16.2. The van der Waals surface area contributed by atoms with Gasteiger partial charge in [-0.25, -0.2) is 0 Å². The maximum atomic E-state index is 8.81. The summed E-state index contributed by atoms with van der Waals surface area (Å²) in [4.78, 5) is 0. The second-order valence-corrected chi connectivity index (χ2v) is 3.80. The molecule has 2 N–H and O–H groups in total. The van der Waals surface area contributed by atoms with E-state index in [9.17, 15) is 0 Å². The Hall–Kier alpha value is -0.860. The molecule has 1 atom stereocenters. The maximum Gasteiger partial charge on any atom is 0.0431 e. The van der Waals surface area contributed by atoms with Gasteiger partial charge in [0.05, 0.1) is 0 Å². The van der Waals surface area contributed by atoms with Gasteiger partial charge in [-0.1, -0.05) is 31.2 Å². The molecule has 0 radical (unpaired) electrons. The molecule has 1 unspecified atom stereocenters. The molecule has 0 aromatic heterocycles. The number of benzene rings is 1. The molecule has 0 saturated carbocycles. The highest BCUT2D eigenvalue weighted by Crippen LogP contribution is 2.18. The number of hydrogen-bond acceptors (Lipinski definition) is 2. The summed E-state index contributed by atoms with van der Waals surface area (Å²) in [5.41, 5.74) is 2.68. The summed E-state index contributed by atoms with van der Waals surface area (Å²) in [6.07, 6.45) is 2.92. The second-order valence-electron chi connectivity index (χ2n) is 3.80. The van der Waals surface area contributed by atoms with Crippen LogP contribution in [-0.4, -0.2) is 18.8 Å². The number of aryl methyl sites for hydroxylation is 1. The fourth-order valence-corrected chi connectivity index (χ4v) is 1.76. The van der Waals surface area contributed by atoms with E-state index in [2.05, 4.69) is 36.5 Å². The van der Waals surface area contributed by atoms with E-state index in [0.29, 0.717) is 6.04 Å². The first kappa shape index (κ1) is 12.2. The van der Waals surface area contributed by atoms with Crippen LogP contribution in [0.3, 0.4) is 0 Å². The monoisotopic (exact) mass is 207 g/mol. The van der Waals surface area contributed by atoms with E-state index in [-0.39, 0.29) is 6.61 Å². The quantitative estimate of drug-likeness (QED) is 0.750. The third-order valence-electron chi connectivity index (χ3n) is 2.79. The van der Waals surface area contributed by atoms with Crippen molar-refractivity contribution in [2.24, 2.45) is 0 Å². The van der Waals surface area contributed by atoms with E-state index in [4.69, 9.17) is 5.11 Å². The SMILES string of the molecule is CCc1ccc(C(CCCO)NC)cc1. The van der Waals surface area contributed by atoms with E-state index >= 15 is 0 Å². The van der Waals surface area contributed by atoms with Crippen molar-refractivity contribution in [2.75, 3.05) is 13.7 Å². The van der Waals surface area contributed by atoms with Crippen molar-refractivity contribution < 1.29 is 5.11 Å². The van der Waals surface area contributed by atoms with E-state index in [1.165, 1.54) is 11.1 Å². The highest BCUT2D eigenvalue weighted by Gasteiger charge is 2.07. The van der Waals surface area contributed by atoms with Crippen molar-refractivity contribution in [3.05, 3.63) is 35.4 Å². The van der Waals surface area contributed by atoms with Gasteiger partial charge in [-0.3, -0.25) is 0 Å². The minimum atomic E-state index is 0.269. The number of rotatable bonds is 6. The van der Waals surface area contributed by atoms with Crippen LogP contribution >= 0.6 is 0 Å². The van der Waals surface area contributed by atoms with Crippen molar-refractivity contribution in [2.45, 2.75) is 32.2 Å². The molecule has 0 bridgehead atoms. The van der Waals surface area contributed by atoms with Crippen LogP contribution in [0.15, 0.2) is 24.3 Å². The van der Waals surface area contributed by atoms with Gasteiger partial charge in [0.25, 0.3) is 0 Å². The smallest absolute Gasteiger partial charge is 0.0431 e. The van der Waals surface area contributed by atoms with Crippen LogP contribution in [0.25, 0.3) is 0 Å². The Bertz CT molecular complexity index is 268. The standard InChI is InChI=1S/C13H21NO/c1-3-11-6-8-12(9-7-11)13(14-2)5-4-10-15/h6-9,13-15H,3-5,10H2,1-2H3. The van der Waals surface area contributed by atoms with Crippen molar-refractivity contribution >= 4 is 0 Å². The third kappa shape index (κ3) is 3.65. The fourth-order valence-electron chi connectivity index (χ4n) is 1.76. The van der Waals surface area contributed by atoms with Crippen molar-refractivity contribution in [1.82, 2.24) is 5.32 Å². The molecular weight excluding hydrogens is 186 g/mol. The van der Waals surface area contributed by atoms with Gasteiger partial charge in [-0.15, -0.1) is 0 Å². The molecule has 0 fully saturated rings. The predicted octanol–water partition coefficient (Wildman–Crippen LogP) is 2.28. The lowest BCUT2D eigenvalue weighted by molar-refractivity contribution is 0.276. The van der Waals surface area contributed by atoms with Gasteiger partial charge < -0.3 is 10.4 Å². The number of aliphatic hydroxyl groups is 1. The van der Waals surface area contributed by atoms with Crippen LogP contribution in [0.1, 0.15) is 36.9 Å². The number of nitrogens with one attached hydrogen (secondary N) is 1. The van der Waals surface area contributed by atoms with E-state index < -0.39 is 0 Å². The first-order chi connectivity index (χ1) is 7.31. The molecule has 1 rings (SSSR count). The molecule has 0 aliphatic carbocycles. The fraction of sp³-hybridized carbons (Fsp3) is 0.538. The first-order valence-corrected chi connectivity index (χ1v) is 5.68. The lowest BCUT2D eigenvalue weighted by atomic mass is 10.0. The van der Waals surface area contributed by atoms with Crippen LogP contribution in [0.2, 0.25) is 0 Å². The van der Waals surface area contributed by atoms with Crippen LogP contribution < -0.4 is 5.32 Å². The average Bonchev–Trinajstić information content (AvgIpc) is 2.31. The lowest BCUT2D eigenvalue weighted by Gasteiger charge is -2.16. The summed E-state index contributed by atoms with van der Waals surface area (Å²) in [5.74, 6) is 0. The zero-order chi connectivity index (χ0) is 11.1. The largest absolute Gasteiger partial charge is 0.396 e. The Morgan fingerprint density at radius 1 is 1.27 bits per heavy atom. The Balaban J connectivity index is 2.65. The van der Waals surface area contributed by atoms with Crippen molar-refractivity contribution in [1.29, 1.82) is 0 Å². The molecule has 0 saturated heterocycles. The van der Waals surface area contributed by atoms with Gasteiger partial charge in [-0.2, -0.15) is 0 Å². The molecule has 15 heavy (non-hydrogen) atoms. The third-order valence-corrected chi connectivity index (χ3v) is 2.79. The maximum absolute atomic E-state index is 8.81. The first-order valence-electron chi connectivity index (χ1n) is 5.68. The summed E-state index contributed by atoms with van der Waals surface area (Å²) >= 11 is 0. The lowest BCUT2D eigenvalue weighted by Crippen LogP contribution is -2.16. The summed E-state index contributed by atoms with van der Waals surface area (Å²) in [6, 6.07) is 9.08. The van der Waals surface area contributed by atoms with Crippen LogP contribution in [0, 0.1) is 0 Å². The molecule has 0 spiro atoms. The van der Waals surface area contributed by atoms with Crippen molar-refractivity contribution in [3.8, 4) is 0 Å². The van der Waals surface area contributed by atoms with E-state index in [1.54, 1.807) is 0 Å². The topological polar surface area (TPSA) is 32.3 Å². The average molecular weight is 207 g/mol. The van der Waals surface area contributed by atoms with Crippen molar-refractivity contribution in [3.63, 3.8) is 0 Å². The van der Waals surface area contributed by atoms with Gasteiger partial charge in [0.15, 0.2) is 0 Å². The van der Waals surface area contributed by atoms with Gasteiger partial charge in [0.1, 0.15) is 0 Å². The normalized spacial score (nSPS) is 12.7. The number of hydrogen-bond donors (Lipinski definition) is 2. The van der Waals surface area contributed by atoms with Gasteiger partial charge in [-0.05, 0) is 37.4 Å². The molecule has 1 aromatic rings. The van der Waals surface area contributed by atoms with Gasteiger partial charge in [0.2, 0.25) is 0 Å². The Morgan fingerprint density at radius 3 is 2.40 bits per heavy atom. The molecule has 2 nitrogen and oxygen atoms in total. The van der Waals surface area contributed by atoms with Gasteiger partial charge in [0, 0.05) is 12.6 Å².